The fraction of sp³-hybridized carbons (Fsp3) is 0.296. The Morgan fingerprint density at radius 2 is 1.86 bits per heavy atom. The lowest BCUT2D eigenvalue weighted by Crippen LogP contribution is -2.29. The summed E-state index contributed by atoms with van der Waals surface area (Å²) in [5, 5.41) is 19.7. The minimum absolute atomic E-state index is 0. The molecule has 0 spiro atoms. The topological polar surface area (TPSA) is 86.1 Å². The number of anilines is 1. The van der Waals surface area contributed by atoms with Crippen LogP contribution in [0.4, 0.5) is 5.82 Å². The standard InChI is InChI=1S/C27H27N7O.2H2S/c1-31(2)13-21-15-33(17-25(21)35)26-8-7-23-22(30-26)16-32-14-20(19-5-3-18(12-28)4-6-19)11-24(32)27-29-9-10-34(23)27;;/h3-11,14,21,25,35H,13,15-17H2,1-2H3;2*1H2/t21-,25+;;/m0../s1. The number of benzene rings is 1. The second-order valence-corrected chi connectivity index (χ2v) is 9.68. The van der Waals surface area contributed by atoms with Crippen LogP contribution in [0.15, 0.2) is 61.1 Å². The van der Waals surface area contributed by atoms with Gasteiger partial charge in [0, 0.05) is 49.7 Å². The Hall–Kier alpha value is -3.23. The number of imidazole rings is 1. The van der Waals surface area contributed by atoms with E-state index in [4.69, 9.17) is 10.2 Å². The van der Waals surface area contributed by atoms with Gasteiger partial charge < -0.3 is 19.5 Å². The maximum Gasteiger partial charge on any atom is 0.161 e. The van der Waals surface area contributed by atoms with Crippen LogP contribution in [-0.2, 0) is 6.54 Å². The predicted molar refractivity (Wildman–Crippen MR) is 155 cm³/mol. The molecule has 2 aliphatic heterocycles. The highest BCUT2D eigenvalue weighted by molar-refractivity contribution is 7.59. The molecule has 4 aromatic rings. The lowest BCUT2D eigenvalue weighted by Gasteiger charge is -2.20. The van der Waals surface area contributed by atoms with Crippen LogP contribution in [0.3, 0.4) is 0 Å². The first-order valence-corrected chi connectivity index (χ1v) is 11.8. The summed E-state index contributed by atoms with van der Waals surface area (Å²) >= 11 is 0. The quantitative estimate of drug-likeness (QED) is 0.382. The predicted octanol–water partition coefficient (Wildman–Crippen LogP) is 3.22. The summed E-state index contributed by atoms with van der Waals surface area (Å²) in [7, 11) is 4.08. The Morgan fingerprint density at radius 1 is 1.08 bits per heavy atom. The molecule has 0 amide bonds. The van der Waals surface area contributed by atoms with Gasteiger partial charge in [0.1, 0.15) is 5.82 Å². The Kier molecular flexibility index (Phi) is 7.71. The molecule has 1 aromatic carbocycles. The maximum atomic E-state index is 10.6. The molecule has 0 saturated carbocycles. The van der Waals surface area contributed by atoms with Crippen molar-refractivity contribution in [2.45, 2.75) is 12.6 Å². The smallest absolute Gasteiger partial charge is 0.161 e. The molecule has 37 heavy (non-hydrogen) atoms. The highest BCUT2D eigenvalue weighted by Crippen LogP contribution is 2.34. The number of hydrogen-bond acceptors (Lipinski definition) is 6. The lowest BCUT2D eigenvalue weighted by atomic mass is 10.1. The Labute approximate surface area is 230 Å². The monoisotopic (exact) mass is 533 g/mol. The van der Waals surface area contributed by atoms with Gasteiger partial charge in [0.05, 0.1) is 41.4 Å². The molecule has 0 radical (unpaired) electrons. The van der Waals surface area contributed by atoms with E-state index in [1.807, 2.05) is 50.8 Å². The Balaban J connectivity index is 0.00000160. The van der Waals surface area contributed by atoms with Gasteiger partial charge in [0.2, 0.25) is 0 Å². The van der Waals surface area contributed by atoms with Crippen molar-refractivity contribution >= 4 is 32.8 Å². The van der Waals surface area contributed by atoms with Gasteiger partial charge in [0.25, 0.3) is 0 Å². The first kappa shape index (κ1) is 26.8. The van der Waals surface area contributed by atoms with Crippen molar-refractivity contribution in [1.29, 1.82) is 5.26 Å². The molecular weight excluding hydrogens is 502 g/mol. The third-order valence-corrected chi connectivity index (χ3v) is 6.96. The van der Waals surface area contributed by atoms with E-state index in [1.165, 1.54) is 0 Å². The molecule has 10 heteroatoms. The first-order chi connectivity index (χ1) is 17.0. The van der Waals surface area contributed by atoms with Crippen LogP contribution < -0.4 is 4.90 Å². The summed E-state index contributed by atoms with van der Waals surface area (Å²) in [6.45, 7) is 2.86. The fourth-order valence-electron chi connectivity index (χ4n) is 5.26. The van der Waals surface area contributed by atoms with Gasteiger partial charge in [-0.2, -0.15) is 32.3 Å². The van der Waals surface area contributed by atoms with E-state index < -0.39 is 0 Å². The third kappa shape index (κ3) is 4.88. The van der Waals surface area contributed by atoms with Gasteiger partial charge >= 0.3 is 0 Å². The number of nitriles is 1. The van der Waals surface area contributed by atoms with Crippen molar-refractivity contribution in [3.8, 4) is 34.4 Å². The van der Waals surface area contributed by atoms with Crippen LogP contribution in [0.1, 0.15) is 11.3 Å². The Bertz CT molecular complexity index is 1440. The van der Waals surface area contributed by atoms with Gasteiger partial charge in [-0.1, -0.05) is 12.1 Å². The number of β-amino-alcohol motifs (C(OH)–C–C–N with tert-alkyl or cyclic N) is 1. The van der Waals surface area contributed by atoms with Crippen molar-refractivity contribution in [1.82, 2.24) is 24.0 Å². The number of aliphatic hydroxyl groups excluding tert-OH is 1. The van der Waals surface area contributed by atoms with E-state index in [0.717, 1.165) is 52.9 Å². The number of aromatic nitrogens is 4. The second-order valence-electron chi connectivity index (χ2n) is 9.68. The summed E-state index contributed by atoms with van der Waals surface area (Å²) in [5.41, 5.74) is 5.80. The molecule has 5 heterocycles. The molecule has 0 unspecified atom stereocenters. The summed E-state index contributed by atoms with van der Waals surface area (Å²) in [5.74, 6) is 1.98. The van der Waals surface area contributed by atoms with Gasteiger partial charge in [-0.3, -0.25) is 4.57 Å². The van der Waals surface area contributed by atoms with Gasteiger partial charge in [-0.05, 0) is 50.0 Å². The molecule has 0 bridgehead atoms. The van der Waals surface area contributed by atoms with E-state index >= 15 is 0 Å². The summed E-state index contributed by atoms with van der Waals surface area (Å²) in [6, 6.07) is 16.1. The van der Waals surface area contributed by atoms with Gasteiger partial charge in [0.15, 0.2) is 5.82 Å². The first-order valence-electron chi connectivity index (χ1n) is 11.8. The zero-order valence-electron chi connectivity index (χ0n) is 20.8. The second kappa shape index (κ2) is 10.6. The lowest BCUT2D eigenvalue weighted by molar-refractivity contribution is 0.130. The molecule has 1 N–H and O–H groups in total. The summed E-state index contributed by atoms with van der Waals surface area (Å²) in [6.07, 6.45) is 5.57. The zero-order valence-corrected chi connectivity index (χ0v) is 22.8. The van der Waals surface area contributed by atoms with Crippen LogP contribution in [0, 0.1) is 17.2 Å². The molecule has 1 saturated heterocycles. The minimum Gasteiger partial charge on any atom is -0.391 e. The van der Waals surface area contributed by atoms with E-state index in [-0.39, 0.29) is 39.0 Å². The van der Waals surface area contributed by atoms with Crippen molar-refractivity contribution in [3.05, 3.63) is 72.3 Å². The average Bonchev–Trinajstić information content (AvgIpc) is 3.56. The maximum absolute atomic E-state index is 10.6. The summed E-state index contributed by atoms with van der Waals surface area (Å²) < 4.78 is 4.30. The van der Waals surface area contributed by atoms with Crippen LogP contribution in [-0.4, -0.2) is 68.9 Å². The summed E-state index contributed by atoms with van der Waals surface area (Å²) in [4.78, 5) is 14.1. The van der Waals surface area contributed by atoms with Gasteiger partial charge in [-0.15, -0.1) is 0 Å². The SMILES string of the molecule is CN(C)C[C@H]1CN(c2ccc3c(n2)Cn2cc(-c4ccc(C#N)cc4)cc2-c2nccn2-3)C[C@H]1O.S.S. The largest absolute Gasteiger partial charge is 0.391 e. The van der Waals surface area contributed by atoms with Gasteiger partial charge in [-0.25, -0.2) is 9.97 Å². The minimum atomic E-state index is -0.357. The van der Waals surface area contributed by atoms with Crippen molar-refractivity contribution in [2.75, 3.05) is 38.6 Å². The van der Waals surface area contributed by atoms with Crippen LogP contribution in [0.2, 0.25) is 0 Å². The molecule has 1 fully saturated rings. The number of fused-ring (bicyclic) bond motifs is 5. The van der Waals surface area contributed by atoms with Crippen LogP contribution >= 0.6 is 27.0 Å². The molecule has 6 rings (SSSR count). The van der Waals surface area contributed by atoms with Crippen molar-refractivity contribution in [3.63, 3.8) is 0 Å². The third-order valence-electron chi connectivity index (χ3n) is 6.96. The van der Waals surface area contributed by atoms with Crippen LogP contribution in [0.5, 0.6) is 0 Å². The normalized spacial score (nSPS) is 17.6. The Morgan fingerprint density at radius 3 is 2.59 bits per heavy atom. The highest BCUT2D eigenvalue weighted by Gasteiger charge is 2.33. The number of rotatable bonds is 4. The number of pyridine rings is 1. The van der Waals surface area contributed by atoms with Crippen molar-refractivity contribution < 1.29 is 5.11 Å². The molecule has 2 atom stereocenters. The molecule has 2 aliphatic rings. The fourth-order valence-corrected chi connectivity index (χ4v) is 5.26. The molecular formula is C27H31N7OS2. The number of hydrogen-bond donors (Lipinski definition) is 1. The molecule has 192 valence electrons. The molecule has 8 nitrogen and oxygen atoms in total. The molecule has 0 aliphatic carbocycles. The van der Waals surface area contributed by atoms with E-state index in [0.29, 0.717) is 18.7 Å². The molecule has 3 aromatic heterocycles. The zero-order chi connectivity index (χ0) is 24.1. The average molecular weight is 534 g/mol. The van der Waals surface area contributed by atoms with E-state index in [9.17, 15) is 5.11 Å². The van der Waals surface area contributed by atoms with Crippen LogP contribution in [0.25, 0.3) is 28.3 Å². The highest BCUT2D eigenvalue weighted by atomic mass is 32.1. The number of aliphatic hydroxyl groups is 1. The van der Waals surface area contributed by atoms with E-state index in [1.54, 1.807) is 0 Å². The number of nitrogens with zero attached hydrogens (tertiary/aromatic N) is 7. The van der Waals surface area contributed by atoms with Crippen molar-refractivity contribution in [2.24, 2.45) is 5.92 Å². The van der Waals surface area contributed by atoms with E-state index in [2.05, 4.69) is 54.4 Å².